The van der Waals surface area contributed by atoms with E-state index in [1.807, 2.05) is 6.92 Å². The van der Waals surface area contributed by atoms with Gasteiger partial charge in [0.05, 0.1) is 22.4 Å². The fourth-order valence-corrected chi connectivity index (χ4v) is 1.50. The summed E-state index contributed by atoms with van der Waals surface area (Å²) < 4.78 is 5.15. The summed E-state index contributed by atoms with van der Waals surface area (Å²) in [6, 6.07) is 4.89. The van der Waals surface area contributed by atoms with E-state index in [2.05, 4.69) is 5.32 Å². The lowest BCUT2D eigenvalue weighted by Gasteiger charge is -2.05. The van der Waals surface area contributed by atoms with Gasteiger partial charge in [0.25, 0.3) is 5.91 Å². The zero-order chi connectivity index (χ0) is 12.8. The van der Waals surface area contributed by atoms with Crippen molar-refractivity contribution >= 4 is 34.8 Å². The molecule has 0 aliphatic rings. The van der Waals surface area contributed by atoms with Crippen molar-refractivity contribution in [1.82, 2.24) is 0 Å². The van der Waals surface area contributed by atoms with Crippen molar-refractivity contribution in [2.24, 2.45) is 0 Å². The molecular formula is C12H13Cl2NO2. The highest BCUT2D eigenvalue weighted by molar-refractivity contribution is 6.42. The third-order valence-corrected chi connectivity index (χ3v) is 2.63. The molecule has 0 bridgehead atoms. The van der Waals surface area contributed by atoms with Crippen molar-refractivity contribution in [3.63, 3.8) is 0 Å². The average molecular weight is 274 g/mol. The molecule has 0 fully saturated rings. The van der Waals surface area contributed by atoms with Crippen LogP contribution in [0, 0.1) is 0 Å². The molecule has 1 N–H and O–H groups in total. The maximum Gasteiger partial charge on any atom is 0.251 e. The van der Waals surface area contributed by atoms with Crippen molar-refractivity contribution in [2.45, 2.75) is 13.8 Å². The van der Waals surface area contributed by atoms with Gasteiger partial charge in [-0.05, 0) is 32.0 Å². The Morgan fingerprint density at radius 3 is 2.71 bits per heavy atom. The van der Waals surface area contributed by atoms with E-state index in [0.29, 0.717) is 28.1 Å². The number of allylic oxidation sites excluding steroid dienone is 1. The minimum absolute atomic E-state index is 0.269. The van der Waals surface area contributed by atoms with Crippen LogP contribution in [-0.4, -0.2) is 12.5 Å². The molecule has 0 saturated heterocycles. The standard InChI is InChI=1S/C12H13Cl2NO2/c1-3-17-8(2)6-12(16)15-9-4-5-10(13)11(14)7-9/h4-7H,3H2,1-2H3,(H,15,16). The van der Waals surface area contributed by atoms with E-state index >= 15 is 0 Å². The summed E-state index contributed by atoms with van der Waals surface area (Å²) in [5, 5.41) is 3.51. The fourth-order valence-electron chi connectivity index (χ4n) is 1.21. The van der Waals surface area contributed by atoms with Crippen LogP contribution in [0.5, 0.6) is 0 Å². The van der Waals surface area contributed by atoms with Gasteiger partial charge in [0, 0.05) is 11.8 Å². The van der Waals surface area contributed by atoms with Crippen LogP contribution in [0.15, 0.2) is 30.0 Å². The van der Waals surface area contributed by atoms with E-state index in [-0.39, 0.29) is 5.91 Å². The first-order valence-corrected chi connectivity index (χ1v) is 5.85. The summed E-state index contributed by atoms with van der Waals surface area (Å²) in [4.78, 5) is 11.6. The molecule has 0 radical (unpaired) electrons. The highest BCUT2D eigenvalue weighted by Crippen LogP contribution is 2.24. The highest BCUT2D eigenvalue weighted by atomic mass is 35.5. The van der Waals surface area contributed by atoms with Crippen LogP contribution in [0.25, 0.3) is 0 Å². The van der Waals surface area contributed by atoms with Gasteiger partial charge < -0.3 is 10.1 Å². The molecular weight excluding hydrogens is 261 g/mol. The smallest absolute Gasteiger partial charge is 0.251 e. The van der Waals surface area contributed by atoms with Crippen LogP contribution in [0.2, 0.25) is 10.0 Å². The fraction of sp³-hybridized carbons (Fsp3) is 0.250. The summed E-state index contributed by atoms with van der Waals surface area (Å²) in [5.74, 6) is 0.291. The molecule has 0 aliphatic carbocycles. The summed E-state index contributed by atoms with van der Waals surface area (Å²) in [5.41, 5.74) is 0.588. The average Bonchev–Trinajstić information content (AvgIpc) is 2.23. The van der Waals surface area contributed by atoms with Gasteiger partial charge in [-0.2, -0.15) is 0 Å². The largest absolute Gasteiger partial charge is 0.498 e. The van der Waals surface area contributed by atoms with Crippen molar-refractivity contribution in [3.8, 4) is 0 Å². The molecule has 1 aromatic carbocycles. The first-order chi connectivity index (χ1) is 8.02. The van der Waals surface area contributed by atoms with E-state index in [4.69, 9.17) is 27.9 Å². The lowest BCUT2D eigenvalue weighted by molar-refractivity contribution is -0.112. The van der Waals surface area contributed by atoms with Crippen LogP contribution in [0.4, 0.5) is 5.69 Å². The van der Waals surface area contributed by atoms with Gasteiger partial charge in [-0.15, -0.1) is 0 Å². The second-order valence-corrected chi connectivity index (χ2v) is 4.12. The van der Waals surface area contributed by atoms with Crippen LogP contribution < -0.4 is 5.32 Å². The lowest BCUT2D eigenvalue weighted by Crippen LogP contribution is -2.09. The number of benzene rings is 1. The van der Waals surface area contributed by atoms with Crippen LogP contribution in [-0.2, 0) is 9.53 Å². The Hall–Kier alpha value is -1.19. The molecule has 0 saturated carbocycles. The van der Waals surface area contributed by atoms with Crippen molar-refractivity contribution in [3.05, 3.63) is 40.1 Å². The number of nitrogens with one attached hydrogen (secondary N) is 1. The molecule has 1 rings (SSSR count). The number of carbonyl (C=O) groups excluding carboxylic acids is 1. The summed E-state index contributed by atoms with van der Waals surface area (Å²) in [7, 11) is 0. The quantitative estimate of drug-likeness (QED) is 0.668. The van der Waals surface area contributed by atoms with Crippen LogP contribution >= 0.6 is 23.2 Å². The van der Waals surface area contributed by atoms with Crippen molar-refractivity contribution in [2.75, 3.05) is 11.9 Å². The molecule has 17 heavy (non-hydrogen) atoms. The maximum atomic E-state index is 11.6. The molecule has 0 spiro atoms. The van der Waals surface area contributed by atoms with Gasteiger partial charge in [0.15, 0.2) is 0 Å². The molecule has 92 valence electrons. The van der Waals surface area contributed by atoms with Gasteiger partial charge in [0.2, 0.25) is 0 Å². The summed E-state index contributed by atoms with van der Waals surface area (Å²) in [6.07, 6.45) is 1.38. The third-order valence-electron chi connectivity index (χ3n) is 1.89. The van der Waals surface area contributed by atoms with Gasteiger partial charge in [-0.25, -0.2) is 0 Å². The van der Waals surface area contributed by atoms with Crippen LogP contribution in [0.3, 0.4) is 0 Å². The van der Waals surface area contributed by atoms with Gasteiger partial charge >= 0.3 is 0 Å². The first-order valence-electron chi connectivity index (χ1n) is 5.10. The van der Waals surface area contributed by atoms with E-state index < -0.39 is 0 Å². The van der Waals surface area contributed by atoms with Crippen molar-refractivity contribution < 1.29 is 9.53 Å². The number of amides is 1. The minimum atomic E-state index is -0.269. The number of rotatable bonds is 4. The lowest BCUT2D eigenvalue weighted by atomic mass is 10.3. The topological polar surface area (TPSA) is 38.3 Å². The van der Waals surface area contributed by atoms with E-state index in [1.54, 1.807) is 25.1 Å². The van der Waals surface area contributed by atoms with Gasteiger partial charge in [0.1, 0.15) is 0 Å². The minimum Gasteiger partial charge on any atom is -0.498 e. The Balaban J connectivity index is 2.68. The molecule has 0 unspecified atom stereocenters. The van der Waals surface area contributed by atoms with Gasteiger partial charge in [-0.1, -0.05) is 23.2 Å². The maximum absolute atomic E-state index is 11.6. The number of halogens is 2. The Labute approximate surface area is 110 Å². The van der Waals surface area contributed by atoms with Crippen LogP contribution in [0.1, 0.15) is 13.8 Å². The van der Waals surface area contributed by atoms with E-state index in [9.17, 15) is 4.79 Å². The second-order valence-electron chi connectivity index (χ2n) is 3.31. The predicted molar refractivity (Wildman–Crippen MR) is 70.5 cm³/mol. The highest BCUT2D eigenvalue weighted by Gasteiger charge is 2.03. The molecule has 3 nitrogen and oxygen atoms in total. The monoisotopic (exact) mass is 273 g/mol. The normalized spacial score (nSPS) is 11.2. The van der Waals surface area contributed by atoms with Gasteiger partial charge in [-0.3, -0.25) is 4.79 Å². The Morgan fingerprint density at radius 2 is 2.12 bits per heavy atom. The zero-order valence-electron chi connectivity index (χ0n) is 9.59. The number of anilines is 1. The first kappa shape index (κ1) is 13.9. The Kier molecular flexibility index (Phi) is 5.32. The molecule has 5 heteroatoms. The molecule has 1 amide bonds. The van der Waals surface area contributed by atoms with E-state index in [0.717, 1.165) is 0 Å². The summed E-state index contributed by atoms with van der Waals surface area (Å²) in [6.45, 7) is 4.11. The third kappa shape index (κ3) is 4.67. The number of ether oxygens (including phenoxy) is 1. The molecule has 0 aromatic heterocycles. The zero-order valence-corrected chi connectivity index (χ0v) is 11.1. The van der Waals surface area contributed by atoms with Crippen molar-refractivity contribution in [1.29, 1.82) is 0 Å². The Bertz CT molecular complexity index is 444. The SMILES string of the molecule is CCOC(C)=CC(=O)Nc1ccc(Cl)c(Cl)c1. The Morgan fingerprint density at radius 1 is 1.41 bits per heavy atom. The van der Waals surface area contributed by atoms with E-state index in [1.165, 1.54) is 6.08 Å². The second kappa shape index (κ2) is 6.52. The number of carbonyl (C=O) groups is 1. The number of hydrogen-bond acceptors (Lipinski definition) is 2. The molecule has 0 heterocycles. The molecule has 0 aliphatic heterocycles. The molecule has 0 atom stereocenters. The number of hydrogen-bond donors (Lipinski definition) is 1. The predicted octanol–water partition coefficient (Wildman–Crippen LogP) is 3.87. The summed E-state index contributed by atoms with van der Waals surface area (Å²) >= 11 is 11.6. The molecule has 1 aromatic rings.